The molecule has 4 heteroatoms. The molecule has 0 aliphatic heterocycles. The van der Waals surface area contributed by atoms with E-state index < -0.39 is 0 Å². The van der Waals surface area contributed by atoms with Crippen LogP contribution in [0, 0.1) is 0 Å². The number of nitrogens with one attached hydrogen (secondary N) is 1. The maximum Gasteiger partial charge on any atom is 0.307 e. The molecule has 0 saturated heterocycles. The largest absolute Gasteiger partial charge is 0.466 e. The second-order valence-corrected chi connectivity index (χ2v) is 7.06. The van der Waals surface area contributed by atoms with Gasteiger partial charge < -0.3 is 15.0 Å². The molecule has 0 unspecified atom stereocenters. The standard InChI is InChI=1S/C20H42N2O2/c1-4-5-6-7-8-9-10-11-12-13-19-24-20(23)15-17-21-16-14-18-22(2)3/h21H,4-19H2,1-3H3. The van der Waals surface area contributed by atoms with Crippen molar-refractivity contribution in [3.8, 4) is 0 Å². The number of ether oxygens (including phenoxy) is 1. The third kappa shape index (κ3) is 19.4. The van der Waals surface area contributed by atoms with Gasteiger partial charge >= 0.3 is 5.97 Å². The van der Waals surface area contributed by atoms with Crippen LogP contribution in [0.15, 0.2) is 0 Å². The summed E-state index contributed by atoms with van der Waals surface area (Å²) >= 11 is 0. The van der Waals surface area contributed by atoms with Gasteiger partial charge in [0.05, 0.1) is 13.0 Å². The maximum absolute atomic E-state index is 11.6. The molecule has 0 rings (SSSR count). The van der Waals surface area contributed by atoms with Gasteiger partial charge in [0.2, 0.25) is 0 Å². The second kappa shape index (κ2) is 18.7. The highest BCUT2D eigenvalue weighted by atomic mass is 16.5. The fourth-order valence-corrected chi connectivity index (χ4v) is 2.68. The molecule has 0 aromatic carbocycles. The van der Waals surface area contributed by atoms with Gasteiger partial charge in [-0.15, -0.1) is 0 Å². The van der Waals surface area contributed by atoms with Crippen LogP contribution in [0.5, 0.6) is 0 Å². The highest BCUT2D eigenvalue weighted by molar-refractivity contribution is 5.69. The van der Waals surface area contributed by atoms with Crippen molar-refractivity contribution in [1.29, 1.82) is 0 Å². The van der Waals surface area contributed by atoms with Gasteiger partial charge in [-0.25, -0.2) is 0 Å². The van der Waals surface area contributed by atoms with Crippen LogP contribution < -0.4 is 5.32 Å². The molecule has 0 atom stereocenters. The van der Waals surface area contributed by atoms with Gasteiger partial charge in [0.15, 0.2) is 0 Å². The molecule has 0 heterocycles. The molecule has 0 radical (unpaired) electrons. The Hall–Kier alpha value is -0.610. The minimum absolute atomic E-state index is 0.0639. The van der Waals surface area contributed by atoms with Crippen molar-refractivity contribution in [2.75, 3.05) is 40.3 Å². The summed E-state index contributed by atoms with van der Waals surface area (Å²) in [5.74, 6) is -0.0639. The molecule has 0 aliphatic carbocycles. The number of hydrogen-bond donors (Lipinski definition) is 1. The number of unbranched alkanes of at least 4 members (excludes halogenated alkanes) is 9. The van der Waals surface area contributed by atoms with E-state index in [0.717, 1.165) is 32.5 Å². The Bertz CT molecular complexity index is 270. The van der Waals surface area contributed by atoms with Crippen LogP contribution in [0.25, 0.3) is 0 Å². The zero-order valence-corrected chi connectivity index (χ0v) is 16.6. The summed E-state index contributed by atoms with van der Waals surface area (Å²) in [6, 6.07) is 0. The first-order valence-electron chi connectivity index (χ1n) is 10.2. The van der Waals surface area contributed by atoms with E-state index in [9.17, 15) is 4.79 Å². The summed E-state index contributed by atoms with van der Waals surface area (Å²) in [7, 11) is 4.15. The van der Waals surface area contributed by atoms with Crippen molar-refractivity contribution >= 4 is 5.97 Å². The van der Waals surface area contributed by atoms with Gasteiger partial charge in [-0.05, 0) is 40.0 Å². The van der Waals surface area contributed by atoms with E-state index in [1.807, 2.05) is 0 Å². The van der Waals surface area contributed by atoms with E-state index in [4.69, 9.17) is 4.74 Å². The van der Waals surface area contributed by atoms with Crippen LogP contribution in [0.4, 0.5) is 0 Å². The summed E-state index contributed by atoms with van der Waals surface area (Å²) < 4.78 is 5.27. The number of nitrogens with zero attached hydrogens (tertiary/aromatic N) is 1. The maximum atomic E-state index is 11.6. The van der Waals surface area contributed by atoms with Gasteiger partial charge in [0.1, 0.15) is 0 Å². The number of hydrogen-bond acceptors (Lipinski definition) is 4. The van der Waals surface area contributed by atoms with Crippen molar-refractivity contribution in [3.63, 3.8) is 0 Å². The Morgan fingerprint density at radius 3 is 2.00 bits per heavy atom. The van der Waals surface area contributed by atoms with Gasteiger partial charge in [-0.1, -0.05) is 64.7 Å². The van der Waals surface area contributed by atoms with E-state index in [2.05, 4.69) is 31.2 Å². The van der Waals surface area contributed by atoms with Crippen molar-refractivity contribution < 1.29 is 9.53 Å². The van der Waals surface area contributed by atoms with Crippen LogP contribution in [0.1, 0.15) is 84.0 Å². The zero-order valence-electron chi connectivity index (χ0n) is 16.6. The Morgan fingerprint density at radius 1 is 0.833 bits per heavy atom. The third-order valence-corrected chi connectivity index (χ3v) is 4.23. The fourth-order valence-electron chi connectivity index (χ4n) is 2.68. The Balaban J connectivity index is 3.15. The number of carbonyl (C=O) groups excluding carboxylic acids is 1. The molecule has 0 aromatic heterocycles. The lowest BCUT2D eigenvalue weighted by molar-refractivity contribution is -0.143. The SMILES string of the molecule is CCCCCCCCCCCCOC(=O)CCNCCCN(C)C. The lowest BCUT2D eigenvalue weighted by Gasteiger charge is -2.09. The average molecular weight is 343 g/mol. The monoisotopic (exact) mass is 342 g/mol. The summed E-state index contributed by atoms with van der Waals surface area (Å²) in [5.41, 5.74) is 0. The Kier molecular flexibility index (Phi) is 18.2. The first-order chi connectivity index (χ1) is 11.7. The molecule has 4 nitrogen and oxygen atoms in total. The van der Waals surface area contributed by atoms with Crippen molar-refractivity contribution in [2.45, 2.75) is 84.0 Å². The highest BCUT2D eigenvalue weighted by Gasteiger charge is 2.02. The molecule has 0 saturated carbocycles. The van der Waals surface area contributed by atoms with Crippen molar-refractivity contribution in [2.24, 2.45) is 0 Å². The molecular formula is C20H42N2O2. The van der Waals surface area contributed by atoms with Crippen LogP contribution >= 0.6 is 0 Å². The molecule has 1 N–H and O–H groups in total. The van der Waals surface area contributed by atoms with E-state index in [1.54, 1.807) is 0 Å². The predicted octanol–water partition coefficient (Wildman–Crippen LogP) is 4.38. The van der Waals surface area contributed by atoms with Crippen LogP contribution in [0.2, 0.25) is 0 Å². The summed E-state index contributed by atoms with van der Waals surface area (Å²) in [6.45, 7) is 5.62. The highest BCUT2D eigenvalue weighted by Crippen LogP contribution is 2.10. The van der Waals surface area contributed by atoms with E-state index >= 15 is 0 Å². The minimum atomic E-state index is -0.0639. The molecule has 0 amide bonds. The summed E-state index contributed by atoms with van der Waals surface area (Å²) in [5, 5.41) is 3.29. The molecule has 0 aromatic rings. The van der Waals surface area contributed by atoms with Crippen molar-refractivity contribution in [1.82, 2.24) is 10.2 Å². The van der Waals surface area contributed by atoms with Gasteiger partial charge in [0.25, 0.3) is 0 Å². The Morgan fingerprint density at radius 2 is 1.42 bits per heavy atom. The number of esters is 1. The molecule has 0 bridgehead atoms. The Labute approximate surface area is 150 Å². The number of carbonyl (C=O) groups is 1. The minimum Gasteiger partial charge on any atom is -0.466 e. The zero-order chi connectivity index (χ0) is 17.9. The molecule has 24 heavy (non-hydrogen) atoms. The quantitative estimate of drug-likeness (QED) is 0.296. The third-order valence-electron chi connectivity index (χ3n) is 4.23. The van der Waals surface area contributed by atoms with E-state index in [0.29, 0.717) is 13.0 Å². The van der Waals surface area contributed by atoms with Crippen LogP contribution in [-0.2, 0) is 9.53 Å². The van der Waals surface area contributed by atoms with Crippen LogP contribution in [0.3, 0.4) is 0 Å². The molecule has 0 spiro atoms. The first kappa shape index (κ1) is 23.4. The molecule has 0 fully saturated rings. The van der Waals surface area contributed by atoms with E-state index in [1.165, 1.54) is 57.8 Å². The lowest BCUT2D eigenvalue weighted by atomic mass is 10.1. The van der Waals surface area contributed by atoms with Crippen molar-refractivity contribution in [3.05, 3.63) is 0 Å². The smallest absolute Gasteiger partial charge is 0.307 e. The first-order valence-corrected chi connectivity index (χ1v) is 10.2. The van der Waals surface area contributed by atoms with Gasteiger partial charge in [-0.3, -0.25) is 4.79 Å². The fraction of sp³-hybridized carbons (Fsp3) is 0.950. The lowest BCUT2D eigenvalue weighted by Crippen LogP contribution is -2.24. The van der Waals surface area contributed by atoms with Gasteiger partial charge in [-0.2, -0.15) is 0 Å². The average Bonchev–Trinajstić information content (AvgIpc) is 2.55. The summed E-state index contributed by atoms with van der Waals surface area (Å²) in [6.07, 6.45) is 14.7. The predicted molar refractivity (Wildman–Crippen MR) is 103 cm³/mol. The topological polar surface area (TPSA) is 41.6 Å². The second-order valence-electron chi connectivity index (χ2n) is 7.06. The van der Waals surface area contributed by atoms with Crippen LogP contribution in [-0.4, -0.2) is 51.2 Å². The number of rotatable bonds is 18. The normalized spacial score (nSPS) is 11.2. The summed E-state index contributed by atoms with van der Waals surface area (Å²) in [4.78, 5) is 13.7. The molecular weight excluding hydrogens is 300 g/mol. The molecule has 0 aliphatic rings. The van der Waals surface area contributed by atoms with E-state index in [-0.39, 0.29) is 5.97 Å². The van der Waals surface area contributed by atoms with Gasteiger partial charge in [0, 0.05) is 6.54 Å². The molecule has 144 valence electrons.